The van der Waals surface area contributed by atoms with E-state index in [-0.39, 0.29) is 16.6 Å². The number of nitrogens with zero attached hydrogens (tertiary/aromatic N) is 3. The number of hydrogen-bond donors (Lipinski definition) is 0. The Bertz CT molecular complexity index is 828. The summed E-state index contributed by atoms with van der Waals surface area (Å²) < 4.78 is 18.8. The molecule has 0 aliphatic rings. The summed E-state index contributed by atoms with van der Waals surface area (Å²) in [5, 5.41) is 22.4. The maximum atomic E-state index is 14.0. The Labute approximate surface area is 130 Å². The molecule has 0 saturated carbocycles. The van der Waals surface area contributed by atoms with Crippen molar-refractivity contribution in [3.8, 4) is 16.9 Å². The maximum absolute atomic E-state index is 14.0. The van der Waals surface area contributed by atoms with Crippen LogP contribution in [0.1, 0.15) is 5.56 Å². The van der Waals surface area contributed by atoms with Gasteiger partial charge in [-0.25, -0.2) is 4.98 Å². The van der Waals surface area contributed by atoms with Gasteiger partial charge in [0.2, 0.25) is 5.95 Å². The summed E-state index contributed by atoms with van der Waals surface area (Å²) in [7, 11) is 6.76. The molecule has 116 valence electrons. The molecule has 0 bridgehead atoms. The molecule has 0 amide bonds. The van der Waals surface area contributed by atoms with Gasteiger partial charge in [-0.15, -0.1) is 0 Å². The third-order valence-corrected chi connectivity index (χ3v) is 3.09. The van der Waals surface area contributed by atoms with E-state index < -0.39 is 32.9 Å². The van der Waals surface area contributed by atoms with Crippen LogP contribution in [0.5, 0.6) is 5.75 Å². The van der Waals surface area contributed by atoms with Crippen molar-refractivity contribution < 1.29 is 19.0 Å². The van der Waals surface area contributed by atoms with Crippen LogP contribution in [0.15, 0.2) is 18.3 Å². The standard InChI is InChI=1S/C13H9BFN3O5/c1-6-3-7(13(15)16-5-6)10-8(14)4-9(17(19)20)12(23-2)11(10)18(21)22/h3-5H,1-2H3. The number of hydrogen-bond acceptors (Lipinski definition) is 6. The number of nitro benzene ring substituents is 2. The summed E-state index contributed by atoms with van der Waals surface area (Å²) in [6, 6.07) is 2.20. The smallest absolute Gasteiger partial charge is 0.325 e. The normalized spacial score (nSPS) is 10.4. The van der Waals surface area contributed by atoms with E-state index in [1.54, 1.807) is 6.92 Å². The molecule has 2 rings (SSSR count). The zero-order chi connectivity index (χ0) is 17.3. The second-order valence-electron chi connectivity index (χ2n) is 4.61. The zero-order valence-electron chi connectivity index (χ0n) is 12.1. The Hall–Kier alpha value is -3.04. The lowest BCUT2D eigenvalue weighted by Crippen LogP contribution is -2.14. The van der Waals surface area contributed by atoms with Crippen LogP contribution < -0.4 is 10.2 Å². The first-order valence-corrected chi connectivity index (χ1v) is 6.19. The Morgan fingerprint density at radius 3 is 2.43 bits per heavy atom. The van der Waals surface area contributed by atoms with Crippen molar-refractivity contribution >= 4 is 24.7 Å². The molecule has 1 aromatic heterocycles. The molecule has 2 aromatic rings. The van der Waals surface area contributed by atoms with E-state index in [9.17, 15) is 24.6 Å². The third-order valence-electron chi connectivity index (χ3n) is 3.09. The first-order valence-electron chi connectivity index (χ1n) is 6.19. The predicted molar refractivity (Wildman–Crippen MR) is 79.6 cm³/mol. The fourth-order valence-electron chi connectivity index (χ4n) is 2.18. The average molecular weight is 317 g/mol. The fraction of sp³-hybridized carbons (Fsp3) is 0.154. The van der Waals surface area contributed by atoms with Crippen LogP contribution in [-0.2, 0) is 0 Å². The average Bonchev–Trinajstić information content (AvgIpc) is 2.48. The van der Waals surface area contributed by atoms with Crippen LogP contribution in [0.4, 0.5) is 15.8 Å². The van der Waals surface area contributed by atoms with Crippen LogP contribution in [0.3, 0.4) is 0 Å². The molecule has 0 unspecified atom stereocenters. The van der Waals surface area contributed by atoms with Gasteiger partial charge in [-0.05, 0) is 18.6 Å². The summed E-state index contributed by atoms with van der Waals surface area (Å²) in [5.41, 5.74) is -1.80. The zero-order valence-corrected chi connectivity index (χ0v) is 12.1. The fourth-order valence-corrected chi connectivity index (χ4v) is 2.18. The molecule has 0 N–H and O–H groups in total. The van der Waals surface area contributed by atoms with E-state index in [0.717, 1.165) is 13.2 Å². The van der Waals surface area contributed by atoms with E-state index >= 15 is 0 Å². The highest BCUT2D eigenvalue weighted by molar-refractivity contribution is 6.37. The van der Waals surface area contributed by atoms with Gasteiger partial charge in [-0.1, -0.05) is 5.46 Å². The molecule has 0 aliphatic carbocycles. The van der Waals surface area contributed by atoms with Crippen LogP contribution in [-0.4, -0.2) is 29.8 Å². The molecule has 8 nitrogen and oxygen atoms in total. The SMILES string of the molecule is [B]c1cc([N+](=O)[O-])c(OC)c([N+](=O)[O-])c1-c1cc(C)cnc1F. The highest BCUT2D eigenvalue weighted by atomic mass is 19.1. The number of ether oxygens (including phenoxy) is 1. The van der Waals surface area contributed by atoms with Crippen LogP contribution >= 0.6 is 0 Å². The molecule has 0 atom stereocenters. The van der Waals surface area contributed by atoms with Gasteiger partial charge in [0.05, 0.1) is 22.5 Å². The first-order chi connectivity index (χ1) is 10.8. The van der Waals surface area contributed by atoms with Crippen LogP contribution in [0, 0.1) is 33.1 Å². The maximum Gasteiger partial charge on any atom is 0.325 e. The van der Waals surface area contributed by atoms with Crippen LogP contribution in [0.2, 0.25) is 0 Å². The molecule has 2 radical (unpaired) electrons. The highest BCUT2D eigenvalue weighted by Gasteiger charge is 2.33. The molecule has 23 heavy (non-hydrogen) atoms. The molecule has 0 aliphatic heterocycles. The van der Waals surface area contributed by atoms with Gasteiger partial charge in [0.1, 0.15) is 7.85 Å². The van der Waals surface area contributed by atoms with E-state index in [0.29, 0.717) is 5.56 Å². The van der Waals surface area contributed by atoms with Crippen molar-refractivity contribution in [2.45, 2.75) is 6.92 Å². The lowest BCUT2D eigenvalue weighted by molar-refractivity contribution is -0.395. The molecule has 10 heteroatoms. The van der Waals surface area contributed by atoms with Crippen molar-refractivity contribution in [2.75, 3.05) is 7.11 Å². The molecular weight excluding hydrogens is 308 g/mol. The summed E-state index contributed by atoms with van der Waals surface area (Å²) in [6.45, 7) is 1.61. The van der Waals surface area contributed by atoms with Crippen molar-refractivity contribution in [3.63, 3.8) is 0 Å². The predicted octanol–water partition coefficient (Wildman–Crippen LogP) is 1.81. The number of aryl methyl sites for hydroxylation is 1. The van der Waals surface area contributed by atoms with Crippen molar-refractivity contribution in [1.82, 2.24) is 4.98 Å². The van der Waals surface area contributed by atoms with E-state index in [2.05, 4.69) is 4.98 Å². The Morgan fingerprint density at radius 1 is 1.26 bits per heavy atom. The minimum absolute atomic E-state index is 0.234. The number of pyridine rings is 1. The largest absolute Gasteiger partial charge is 0.485 e. The number of aromatic nitrogens is 1. The molecule has 0 spiro atoms. The quantitative estimate of drug-likeness (QED) is 0.368. The number of halogens is 1. The van der Waals surface area contributed by atoms with Gasteiger partial charge in [-0.3, -0.25) is 20.2 Å². The summed E-state index contributed by atoms with van der Waals surface area (Å²) >= 11 is 0. The summed E-state index contributed by atoms with van der Waals surface area (Å²) in [6.07, 6.45) is 1.24. The summed E-state index contributed by atoms with van der Waals surface area (Å²) in [5.74, 6) is -1.59. The monoisotopic (exact) mass is 317 g/mol. The van der Waals surface area contributed by atoms with Gasteiger partial charge in [0.15, 0.2) is 0 Å². The van der Waals surface area contributed by atoms with Crippen molar-refractivity contribution in [2.24, 2.45) is 0 Å². The Balaban J connectivity index is 2.96. The lowest BCUT2D eigenvalue weighted by atomic mass is 9.85. The topological polar surface area (TPSA) is 108 Å². The highest BCUT2D eigenvalue weighted by Crippen LogP contribution is 2.42. The lowest BCUT2D eigenvalue weighted by Gasteiger charge is -2.12. The van der Waals surface area contributed by atoms with Gasteiger partial charge in [-0.2, -0.15) is 4.39 Å². The molecular formula is C13H9BFN3O5. The third kappa shape index (κ3) is 2.82. The number of nitro groups is 2. The number of methoxy groups -OCH3 is 1. The van der Waals surface area contributed by atoms with Gasteiger partial charge < -0.3 is 4.74 Å². The second-order valence-corrected chi connectivity index (χ2v) is 4.61. The van der Waals surface area contributed by atoms with E-state index in [4.69, 9.17) is 12.6 Å². The van der Waals surface area contributed by atoms with Crippen molar-refractivity contribution in [3.05, 3.63) is 50.1 Å². The Kier molecular flexibility index (Phi) is 4.26. The van der Waals surface area contributed by atoms with Gasteiger partial charge in [0.25, 0.3) is 5.75 Å². The van der Waals surface area contributed by atoms with Gasteiger partial charge >= 0.3 is 11.4 Å². The van der Waals surface area contributed by atoms with Gasteiger partial charge in [0, 0.05) is 17.8 Å². The minimum Gasteiger partial charge on any atom is -0.485 e. The summed E-state index contributed by atoms with van der Waals surface area (Å²) in [4.78, 5) is 24.2. The minimum atomic E-state index is -0.985. The number of benzene rings is 1. The molecule has 1 heterocycles. The second kappa shape index (κ2) is 5.99. The molecule has 1 aromatic carbocycles. The molecule has 0 saturated heterocycles. The molecule has 0 fully saturated rings. The van der Waals surface area contributed by atoms with E-state index in [1.165, 1.54) is 12.3 Å². The number of rotatable bonds is 4. The van der Waals surface area contributed by atoms with E-state index in [1.807, 2.05) is 0 Å². The van der Waals surface area contributed by atoms with Crippen LogP contribution in [0.25, 0.3) is 11.1 Å². The van der Waals surface area contributed by atoms with Crippen molar-refractivity contribution in [1.29, 1.82) is 0 Å². The Morgan fingerprint density at radius 2 is 1.91 bits per heavy atom. The first kappa shape index (κ1) is 16.3.